The van der Waals surface area contributed by atoms with Crippen LogP contribution in [0.15, 0.2) is 54.7 Å². The fourth-order valence-corrected chi connectivity index (χ4v) is 3.06. The smallest absolute Gasteiger partial charge is 0.229 e. The molecule has 1 aliphatic rings. The molecule has 1 saturated heterocycles. The van der Waals surface area contributed by atoms with Crippen LogP contribution < -0.4 is 10.6 Å². The average Bonchev–Trinajstić information content (AvgIpc) is 3.07. The van der Waals surface area contributed by atoms with Crippen molar-refractivity contribution in [2.75, 3.05) is 11.9 Å². The maximum absolute atomic E-state index is 12.3. The van der Waals surface area contributed by atoms with Crippen LogP contribution >= 0.6 is 0 Å². The van der Waals surface area contributed by atoms with Crippen LogP contribution in [0.3, 0.4) is 0 Å². The number of rotatable bonds is 3. The first-order valence-electron chi connectivity index (χ1n) is 8.31. The molecular formula is C19H18N4O2. The molecule has 0 aliphatic carbocycles. The monoisotopic (exact) mass is 334 g/mol. The molecule has 0 bridgehead atoms. The second-order valence-corrected chi connectivity index (χ2v) is 6.19. The van der Waals surface area contributed by atoms with E-state index in [0.717, 1.165) is 22.3 Å². The second kappa shape index (κ2) is 6.39. The van der Waals surface area contributed by atoms with Crippen molar-refractivity contribution in [2.45, 2.75) is 12.8 Å². The lowest BCUT2D eigenvalue weighted by molar-refractivity contribution is -0.126. The molecule has 1 aromatic heterocycles. The summed E-state index contributed by atoms with van der Waals surface area (Å²) >= 11 is 0. The Morgan fingerprint density at radius 1 is 1.16 bits per heavy atom. The van der Waals surface area contributed by atoms with E-state index in [1.807, 2.05) is 59.4 Å². The highest BCUT2D eigenvalue weighted by Crippen LogP contribution is 2.20. The largest absolute Gasteiger partial charge is 0.355 e. The van der Waals surface area contributed by atoms with Crippen molar-refractivity contribution >= 4 is 28.4 Å². The predicted octanol–water partition coefficient (Wildman–Crippen LogP) is 2.49. The zero-order valence-electron chi connectivity index (χ0n) is 13.6. The highest BCUT2D eigenvalue weighted by Gasteiger charge is 2.24. The molecule has 1 atom stereocenters. The molecule has 1 fully saturated rings. The first-order valence-corrected chi connectivity index (χ1v) is 8.31. The number of aromatic nitrogens is 2. The van der Waals surface area contributed by atoms with E-state index in [2.05, 4.69) is 15.7 Å². The first-order chi connectivity index (χ1) is 12.2. The van der Waals surface area contributed by atoms with Gasteiger partial charge >= 0.3 is 0 Å². The van der Waals surface area contributed by atoms with Gasteiger partial charge in [0.15, 0.2) is 0 Å². The Balaban J connectivity index is 1.48. The number of nitrogens with one attached hydrogen (secondary N) is 2. The van der Waals surface area contributed by atoms with Crippen LogP contribution in [0.2, 0.25) is 0 Å². The Morgan fingerprint density at radius 2 is 1.96 bits per heavy atom. The number of hydrogen-bond acceptors (Lipinski definition) is 3. The minimum Gasteiger partial charge on any atom is -0.355 e. The van der Waals surface area contributed by atoms with E-state index in [0.29, 0.717) is 19.4 Å². The summed E-state index contributed by atoms with van der Waals surface area (Å²) in [5, 5.41) is 11.2. The lowest BCUT2D eigenvalue weighted by atomic mass is 9.98. The third-order valence-corrected chi connectivity index (χ3v) is 4.49. The van der Waals surface area contributed by atoms with Gasteiger partial charge in [-0.1, -0.05) is 18.2 Å². The number of nitrogens with zero attached hydrogens (tertiary/aromatic N) is 2. The molecule has 1 aliphatic heterocycles. The van der Waals surface area contributed by atoms with Gasteiger partial charge in [-0.15, -0.1) is 0 Å². The maximum atomic E-state index is 12.3. The van der Waals surface area contributed by atoms with Gasteiger partial charge < -0.3 is 10.6 Å². The zero-order valence-corrected chi connectivity index (χ0v) is 13.6. The summed E-state index contributed by atoms with van der Waals surface area (Å²) in [6.07, 6.45) is 2.83. The molecule has 0 unspecified atom stereocenters. The third-order valence-electron chi connectivity index (χ3n) is 4.49. The molecule has 2 amide bonds. The van der Waals surface area contributed by atoms with Gasteiger partial charge in [-0.3, -0.25) is 9.59 Å². The van der Waals surface area contributed by atoms with E-state index < -0.39 is 0 Å². The van der Waals surface area contributed by atoms with Crippen LogP contribution in [0.1, 0.15) is 12.8 Å². The van der Waals surface area contributed by atoms with E-state index in [1.54, 1.807) is 0 Å². The summed E-state index contributed by atoms with van der Waals surface area (Å²) in [6.45, 7) is 0.405. The standard InChI is InChI=1S/C19H18N4O2/c24-18-10-5-14(11-20-18)19(25)22-15-6-8-16(9-7-15)23-17-4-2-1-3-13(17)12-21-23/h1-4,6-9,12,14H,5,10-11H2,(H,20,24)(H,22,25)/t14-/m1/s1. The van der Waals surface area contributed by atoms with Crippen molar-refractivity contribution in [2.24, 2.45) is 5.92 Å². The number of para-hydroxylation sites is 1. The van der Waals surface area contributed by atoms with E-state index in [4.69, 9.17) is 0 Å². The van der Waals surface area contributed by atoms with Crippen molar-refractivity contribution in [3.8, 4) is 5.69 Å². The fraction of sp³-hybridized carbons (Fsp3) is 0.211. The van der Waals surface area contributed by atoms with Crippen molar-refractivity contribution in [1.82, 2.24) is 15.1 Å². The Kier molecular flexibility index (Phi) is 3.93. The zero-order chi connectivity index (χ0) is 17.2. The van der Waals surface area contributed by atoms with E-state index in [1.165, 1.54) is 0 Å². The molecular weight excluding hydrogens is 316 g/mol. The van der Waals surface area contributed by atoms with Crippen LogP contribution in [0.4, 0.5) is 5.69 Å². The van der Waals surface area contributed by atoms with Crippen molar-refractivity contribution < 1.29 is 9.59 Å². The van der Waals surface area contributed by atoms with Crippen LogP contribution in [-0.2, 0) is 9.59 Å². The Hall–Kier alpha value is -3.15. The maximum Gasteiger partial charge on any atom is 0.229 e. The molecule has 4 rings (SSSR count). The number of hydrogen-bond donors (Lipinski definition) is 2. The molecule has 2 heterocycles. The van der Waals surface area contributed by atoms with Crippen LogP contribution in [-0.4, -0.2) is 28.1 Å². The van der Waals surface area contributed by atoms with Crippen LogP contribution in [0, 0.1) is 5.92 Å². The summed E-state index contributed by atoms with van der Waals surface area (Å²) in [4.78, 5) is 23.5. The van der Waals surface area contributed by atoms with E-state index in [-0.39, 0.29) is 17.7 Å². The number of piperidine rings is 1. The number of fused-ring (bicyclic) bond motifs is 1. The number of amides is 2. The summed E-state index contributed by atoms with van der Waals surface area (Å²) in [6, 6.07) is 15.6. The fourth-order valence-electron chi connectivity index (χ4n) is 3.06. The molecule has 2 N–H and O–H groups in total. The van der Waals surface area contributed by atoms with E-state index >= 15 is 0 Å². The van der Waals surface area contributed by atoms with Crippen molar-refractivity contribution in [3.05, 3.63) is 54.7 Å². The highest BCUT2D eigenvalue weighted by atomic mass is 16.2. The van der Waals surface area contributed by atoms with E-state index in [9.17, 15) is 9.59 Å². The second-order valence-electron chi connectivity index (χ2n) is 6.19. The van der Waals surface area contributed by atoms with Gasteiger partial charge in [0.1, 0.15) is 0 Å². The lowest BCUT2D eigenvalue weighted by Gasteiger charge is -2.21. The quantitative estimate of drug-likeness (QED) is 0.773. The van der Waals surface area contributed by atoms with Crippen molar-refractivity contribution in [3.63, 3.8) is 0 Å². The van der Waals surface area contributed by atoms with Crippen LogP contribution in [0.25, 0.3) is 16.6 Å². The predicted molar refractivity (Wildman–Crippen MR) is 95.4 cm³/mol. The SMILES string of the molecule is O=C1CC[C@@H](C(=O)Nc2ccc(-n3ncc4ccccc43)cc2)CN1. The topological polar surface area (TPSA) is 76.0 Å². The number of carbonyl (C=O) groups excluding carboxylic acids is 2. The summed E-state index contributed by atoms with van der Waals surface area (Å²) in [7, 11) is 0. The molecule has 0 saturated carbocycles. The lowest BCUT2D eigenvalue weighted by Crippen LogP contribution is -2.40. The summed E-state index contributed by atoms with van der Waals surface area (Å²) in [5.41, 5.74) is 2.71. The Labute approximate surface area is 144 Å². The van der Waals surface area contributed by atoms with Gasteiger partial charge in [0.2, 0.25) is 11.8 Å². The molecule has 0 radical (unpaired) electrons. The minimum atomic E-state index is -0.174. The Morgan fingerprint density at radius 3 is 2.72 bits per heavy atom. The highest BCUT2D eigenvalue weighted by molar-refractivity contribution is 5.94. The summed E-state index contributed by atoms with van der Waals surface area (Å²) in [5.74, 6) is -0.218. The van der Waals surface area contributed by atoms with Gasteiger partial charge in [-0.25, -0.2) is 4.68 Å². The summed E-state index contributed by atoms with van der Waals surface area (Å²) < 4.78 is 1.87. The van der Waals surface area contributed by atoms with Crippen LogP contribution in [0.5, 0.6) is 0 Å². The molecule has 3 aromatic rings. The molecule has 0 spiro atoms. The van der Waals surface area contributed by atoms with Gasteiger partial charge in [-0.2, -0.15) is 5.10 Å². The van der Waals surface area contributed by atoms with Gasteiger partial charge in [0.25, 0.3) is 0 Å². The average molecular weight is 334 g/mol. The Bertz CT molecular complexity index is 920. The number of carbonyl (C=O) groups is 2. The number of anilines is 1. The normalized spacial score (nSPS) is 17.3. The first kappa shape index (κ1) is 15.4. The molecule has 6 heteroatoms. The molecule has 2 aromatic carbocycles. The molecule has 6 nitrogen and oxygen atoms in total. The number of benzene rings is 2. The van der Waals surface area contributed by atoms with Crippen molar-refractivity contribution in [1.29, 1.82) is 0 Å². The minimum absolute atomic E-state index is 0.0138. The molecule has 25 heavy (non-hydrogen) atoms. The van der Waals surface area contributed by atoms with Gasteiger partial charge in [-0.05, 0) is 36.8 Å². The van der Waals surface area contributed by atoms with Gasteiger partial charge in [0.05, 0.1) is 23.3 Å². The third kappa shape index (κ3) is 3.10. The molecule has 126 valence electrons. The van der Waals surface area contributed by atoms with Gasteiger partial charge in [0, 0.05) is 24.0 Å².